The van der Waals surface area contributed by atoms with Gasteiger partial charge in [0, 0.05) is 5.88 Å². The average molecular weight is 256 g/mol. The molecule has 0 fully saturated rings. The molecular formula is C14H22ClNO. The van der Waals surface area contributed by atoms with Crippen molar-refractivity contribution in [2.75, 3.05) is 33.1 Å². The Balaban J connectivity index is 2.29. The van der Waals surface area contributed by atoms with Crippen molar-refractivity contribution in [2.24, 2.45) is 0 Å². The molecule has 0 saturated heterocycles. The van der Waals surface area contributed by atoms with Crippen LogP contribution in [0.25, 0.3) is 0 Å². The summed E-state index contributed by atoms with van der Waals surface area (Å²) in [4.78, 5) is 2.21. The van der Waals surface area contributed by atoms with E-state index in [1.165, 1.54) is 12.0 Å². The molecule has 0 spiro atoms. The van der Waals surface area contributed by atoms with Gasteiger partial charge in [0.15, 0.2) is 0 Å². The Morgan fingerprint density at radius 2 is 1.82 bits per heavy atom. The van der Waals surface area contributed by atoms with E-state index in [0.29, 0.717) is 12.5 Å². The summed E-state index contributed by atoms with van der Waals surface area (Å²) < 4.78 is 5.55. The van der Waals surface area contributed by atoms with E-state index in [-0.39, 0.29) is 0 Å². The molecule has 0 aromatic heterocycles. The standard InChI is InChI=1S/C14H22ClNO/c1-16(2)11-3-5-13-6-8-14(9-7-13)17-12-4-10-15/h6-9H,3-5,10-12H2,1-2H3. The molecule has 0 aliphatic heterocycles. The quantitative estimate of drug-likeness (QED) is 0.523. The number of hydrogen-bond acceptors (Lipinski definition) is 2. The summed E-state index contributed by atoms with van der Waals surface area (Å²) >= 11 is 5.59. The number of benzene rings is 1. The fourth-order valence-corrected chi connectivity index (χ4v) is 1.71. The maximum Gasteiger partial charge on any atom is 0.119 e. The molecule has 1 aromatic carbocycles. The van der Waals surface area contributed by atoms with Crippen LogP contribution in [-0.2, 0) is 6.42 Å². The molecule has 0 bridgehead atoms. The third-order valence-corrected chi connectivity index (χ3v) is 2.81. The minimum absolute atomic E-state index is 0.655. The average Bonchev–Trinajstić information content (AvgIpc) is 2.31. The first kappa shape index (κ1) is 14.3. The van der Waals surface area contributed by atoms with E-state index in [9.17, 15) is 0 Å². The molecule has 96 valence electrons. The molecule has 0 saturated carbocycles. The van der Waals surface area contributed by atoms with Crippen LogP contribution in [-0.4, -0.2) is 38.0 Å². The van der Waals surface area contributed by atoms with Crippen molar-refractivity contribution in [1.82, 2.24) is 4.90 Å². The lowest BCUT2D eigenvalue weighted by Gasteiger charge is -2.09. The van der Waals surface area contributed by atoms with E-state index in [4.69, 9.17) is 16.3 Å². The molecule has 0 amide bonds. The van der Waals surface area contributed by atoms with Crippen LogP contribution in [0.15, 0.2) is 24.3 Å². The van der Waals surface area contributed by atoms with E-state index in [2.05, 4.69) is 31.1 Å². The van der Waals surface area contributed by atoms with E-state index in [1.807, 2.05) is 12.1 Å². The van der Waals surface area contributed by atoms with Crippen molar-refractivity contribution >= 4 is 11.6 Å². The van der Waals surface area contributed by atoms with Gasteiger partial charge in [0.1, 0.15) is 5.75 Å². The molecular weight excluding hydrogens is 234 g/mol. The summed E-state index contributed by atoms with van der Waals surface area (Å²) in [5, 5.41) is 0. The number of ether oxygens (including phenoxy) is 1. The van der Waals surface area contributed by atoms with E-state index >= 15 is 0 Å². The van der Waals surface area contributed by atoms with Crippen molar-refractivity contribution in [3.63, 3.8) is 0 Å². The van der Waals surface area contributed by atoms with Gasteiger partial charge in [0.25, 0.3) is 0 Å². The van der Waals surface area contributed by atoms with Gasteiger partial charge < -0.3 is 9.64 Å². The van der Waals surface area contributed by atoms with E-state index < -0.39 is 0 Å². The normalized spacial score (nSPS) is 10.8. The zero-order valence-electron chi connectivity index (χ0n) is 10.8. The summed E-state index contributed by atoms with van der Waals surface area (Å²) in [5.41, 5.74) is 1.37. The SMILES string of the molecule is CN(C)CCCc1ccc(OCCCCl)cc1. The van der Waals surface area contributed by atoms with Gasteiger partial charge in [-0.1, -0.05) is 12.1 Å². The molecule has 17 heavy (non-hydrogen) atoms. The highest BCUT2D eigenvalue weighted by molar-refractivity contribution is 6.17. The van der Waals surface area contributed by atoms with Crippen LogP contribution in [0.1, 0.15) is 18.4 Å². The molecule has 0 aliphatic rings. The number of rotatable bonds is 8. The van der Waals surface area contributed by atoms with Gasteiger partial charge in [-0.25, -0.2) is 0 Å². The molecule has 3 heteroatoms. The van der Waals surface area contributed by atoms with E-state index in [1.54, 1.807) is 0 Å². The number of hydrogen-bond donors (Lipinski definition) is 0. The maximum absolute atomic E-state index is 5.59. The summed E-state index contributed by atoms with van der Waals surface area (Å²) in [6.45, 7) is 1.83. The molecule has 0 atom stereocenters. The Bertz CT molecular complexity index is 298. The maximum atomic E-state index is 5.59. The number of aryl methyl sites for hydroxylation is 1. The van der Waals surface area contributed by atoms with Gasteiger partial charge in [-0.15, -0.1) is 11.6 Å². The van der Waals surface area contributed by atoms with Gasteiger partial charge in [0.05, 0.1) is 6.61 Å². The second-order valence-corrected chi connectivity index (χ2v) is 4.82. The number of halogens is 1. The number of alkyl halides is 1. The zero-order valence-corrected chi connectivity index (χ0v) is 11.5. The lowest BCUT2D eigenvalue weighted by atomic mass is 10.1. The molecule has 0 aliphatic carbocycles. The van der Waals surface area contributed by atoms with Crippen molar-refractivity contribution in [1.29, 1.82) is 0 Å². The van der Waals surface area contributed by atoms with Crippen molar-refractivity contribution < 1.29 is 4.74 Å². The van der Waals surface area contributed by atoms with Gasteiger partial charge in [0.2, 0.25) is 0 Å². The molecule has 1 aromatic rings. The Kier molecular flexibility index (Phi) is 7.06. The molecule has 0 radical (unpaired) electrons. The summed E-state index contributed by atoms with van der Waals surface area (Å²) in [6, 6.07) is 8.37. The fraction of sp³-hybridized carbons (Fsp3) is 0.571. The molecule has 1 rings (SSSR count). The smallest absolute Gasteiger partial charge is 0.119 e. The van der Waals surface area contributed by atoms with E-state index in [0.717, 1.165) is 25.1 Å². The Morgan fingerprint density at radius 1 is 1.12 bits per heavy atom. The first-order valence-electron chi connectivity index (χ1n) is 6.15. The second-order valence-electron chi connectivity index (χ2n) is 4.44. The van der Waals surface area contributed by atoms with Gasteiger partial charge in [-0.2, -0.15) is 0 Å². The van der Waals surface area contributed by atoms with Gasteiger partial charge in [-0.05, 0) is 57.6 Å². The fourth-order valence-electron chi connectivity index (χ4n) is 1.60. The lowest BCUT2D eigenvalue weighted by Crippen LogP contribution is -2.13. The lowest BCUT2D eigenvalue weighted by molar-refractivity contribution is 0.318. The molecule has 0 heterocycles. The summed E-state index contributed by atoms with van der Waals surface area (Å²) in [5.74, 6) is 1.59. The van der Waals surface area contributed by atoms with Crippen LogP contribution in [0.4, 0.5) is 0 Å². The summed E-state index contributed by atoms with van der Waals surface area (Å²) in [7, 11) is 4.21. The Hall–Kier alpha value is -0.730. The Morgan fingerprint density at radius 3 is 2.41 bits per heavy atom. The van der Waals surface area contributed by atoms with Gasteiger partial charge >= 0.3 is 0 Å². The topological polar surface area (TPSA) is 12.5 Å². The van der Waals surface area contributed by atoms with Crippen molar-refractivity contribution in [3.05, 3.63) is 29.8 Å². The first-order chi connectivity index (χ1) is 8.22. The highest BCUT2D eigenvalue weighted by atomic mass is 35.5. The van der Waals surface area contributed by atoms with Gasteiger partial charge in [-0.3, -0.25) is 0 Å². The molecule has 0 N–H and O–H groups in total. The predicted molar refractivity (Wildman–Crippen MR) is 74.1 cm³/mol. The van der Waals surface area contributed by atoms with Crippen LogP contribution in [0, 0.1) is 0 Å². The third kappa shape index (κ3) is 6.54. The second kappa shape index (κ2) is 8.37. The minimum atomic E-state index is 0.655. The minimum Gasteiger partial charge on any atom is -0.494 e. The van der Waals surface area contributed by atoms with Crippen LogP contribution < -0.4 is 4.74 Å². The number of nitrogens with zero attached hydrogens (tertiary/aromatic N) is 1. The Labute approximate surface area is 110 Å². The van der Waals surface area contributed by atoms with Crippen molar-refractivity contribution in [2.45, 2.75) is 19.3 Å². The van der Waals surface area contributed by atoms with Crippen LogP contribution >= 0.6 is 11.6 Å². The highest BCUT2D eigenvalue weighted by Crippen LogP contribution is 2.13. The van der Waals surface area contributed by atoms with Crippen LogP contribution in [0.2, 0.25) is 0 Å². The highest BCUT2D eigenvalue weighted by Gasteiger charge is 1.97. The van der Waals surface area contributed by atoms with Crippen LogP contribution in [0.5, 0.6) is 5.75 Å². The van der Waals surface area contributed by atoms with Crippen LogP contribution in [0.3, 0.4) is 0 Å². The summed E-state index contributed by atoms with van der Waals surface area (Å²) in [6.07, 6.45) is 3.21. The van der Waals surface area contributed by atoms with Crippen molar-refractivity contribution in [3.8, 4) is 5.75 Å². The predicted octanol–water partition coefficient (Wildman–Crippen LogP) is 3.19. The third-order valence-electron chi connectivity index (χ3n) is 2.54. The first-order valence-corrected chi connectivity index (χ1v) is 6.68. The molecule has 2 nitrogen and oxygen atoms in total. The largest absolute Gasteiger partial charge is 0.494 e. The molecule has 0 unspecified atom stereocenters. The monoisotopic (exact) mass is 255 g/mol. The zero-order chi connectivity index (χ0) is 12.5.